The molecule has 0 spiro atoms. The van der Waals surface area contributed by atoms with E-state index in [0.29, 0.717) is 18.4 Å². The van der Waals surface area contributed by atoms with Gasteiger partial charge in [-0.15, -0.1) is 0 Å². The minimum Gasteiger partial charge on any atom is -0.405 e. The van der Waals surface area contributed by atoms with Gasteiger partial charge in [0.25, 0.3) is 8.32 Å². The smallest absolute Gasteiger partial charge is 0.261 e. The van der Waals surface area contributed by atoms with Crippen LogP contribution in [0.15, 0.2) is 96.4 Å². The predicted molar refractivity (Wildman–Crippen MR) is 138 cm³/mol. The Morgan fingerprint density at radius 3 is 2.12 bits per heavy atom. The van der Waals surface area contributed by atoms with Gasteiger partial charge >= 0.3 is 0 Å². The Labute approximate surface area is 197 Å². The van der Waals surface area contributed by atoms with Gasteiger partial charge in [-0.3, -0.25) is 4.57 Å². The summed E-state index contributed by atoms with van der Waals surface area (Å²) >= 11 is 0. The third-order valence-corrected chi connectivity index (χ3v) is 11.3. The quantitative estimate of drug-likeness (QED) is 0.474. The van der Waals surface area contributed by atoms with Gasteiger partial charge in [0.15, 0.2) is 5.96 Å². The fraction of sp³-hybridized carbons (Fsp3) is 0.269. The van der Waals surface area contributed by atoms with Gasteiger partial charge in [0, 0.05) is 6.20 Å². The van der Waals surface area contributed by atoms with Crippen LogP contribution in [0, 0.1) is 0 Å². The van der Waals surface area contributed by atoms with Crippen molar-refractivity contribution in [2.24, 2.45) is 16.5 Å². The van der Waals surface area contributed by atoms with Crippen molar-refractivity contribution in [2.75, 3.05) is 6.61 Å². The van der Waals surface area contributed by atoms with Crippen molar-refractivity contribution in [3.8, 4) is 0 Å². The van der Waals surface area contributed by atoms with Crippen molar-refractivity contribution in [2.45, 2.75) is 37.9 Å². The highest BCUT2D eigenvalue weighted by molar-refractivity contribution is 6.99. The third-order valence-electron chi connectivity index (χ3n) is 6.26. The maximum atomic E-state index is 7.11. The minimum atomic E-state index is -2.70. The second-order valence-electron chi connectivity index (χ2n) is 9.48. The summed E-state index contributed by atoms with van der Waals surface area (Å²) in [5.41, 5.74) is 13.3. The molecule has 0 saturated heterocycles. The molecule has 3 aromatic rings. The minimum absolute atomic E-state index is 0.125. The van der Waals surface area contributed by atoms with Gasteiger partial charge in [-0.25, -0.2) is 4.99 Å². The molecule has 1 aliphatic heterocycles. The van der Waals surface area contributed by atoms with E-state index in [2.05, 4.69) is 81.2 Å². The molecule has 5 N–H and O–H groups in total. The Hall–Kier alpha value is -3.29. The van der Waals surface area contributed by atoms with E-state index in [1.165, 1.54) is 10.4 Å². The molecule has 0 unspecified atom stereocenters. The molecule has 1 aliphatic rings. The van der Waals surface area contributed by atoms with Gasteiger partial charge < -0.3 is 21.2 Å². The Bertz CT molecular complexity index is 1090. The summed E-state index contributed by atoms with van der Waals surface area (Å²) in [6, 6.07) is 24.7. The van der Waals surface area contributed by atoms with Gasteiger partial charge in [-0.2, -0.15) is 0 Å². The summed E-state index contributed by atoms with van der Waals surface area (Å²) in [6.07, 6.45) is 1.90. The van der Waals surface area contributed by atoms with E-state index in [9.17, 15) is 0 Å². The molecule has 2 heterocycles. The van der Waals surface area contributed by atoms with Crippen molar-refractivity contribution < 1.29 is 4.43 Å². The molecule has 2 atom stereocenters. The zero-order chi connectivity index (χ0) is 23.6. The molecule has 0 aliphatic carbocycles. The number of benzene rings is 2. The van der Waals surface area contributed by atoms with Crippen molar-refractivity contribution >= 4 is 24.7 Å². The SMILES string of the molecule is C=C(N)N[C@@H]1c2cccn2C(N)=N[C@H]1CO[Si](c1ccccc1)(c1ccccc1)C(C)(C)C. The molecule has 0 bridgehead atoms. The van der Waals surface area contributed by atoms with Crippen LogP contribution < -0.4 is 27.2 Å². The van der Waals surface area contributed by atoms with Crippen molar-refractivity contribution in [3.63, 3.8) is 0 Å². The van der Waals surface area contributed by atoms with Gasteiger partial charge in [-0.1, -0.05) is 88.0 Å². The monoisotopic (exact) mass is 459 g/mol. The Morgan fingerprint density at radius 2 is 1.61 bits per heavy atom. The average Bonchev–Trinajstić information content (AvgIpc) is 3.28. The first-order chi connectivity index (χ1) is 15.7. The van der Waals surface area contributed by atoms with E-state index in [0.717, 1.165) is 5.69 Å². The lowest BCUT2D eigenvalue weighted by atomic mass is 10.0. The molecule has 2 aromatic carbocycles. The zero-order valence-electron chi connectivity index (χ0n) is 19.5. The molecule has 0 fully saturated rings. The number of nitrogens with two attached hydrogens (primary N) is 2. The zero-order valence-corrected chi connectivity index (χ0v) is 20.5. The fourth-order valence-electron chi connectivity index (χ4n) is 4.84. The molecular weight excluding hydrogens is 426 g/mol. The lowest BCUT2D eigenvalue weighted by Gasteiger charge is -2.44. The first kappa shape index (κ1) is 22.9. The molecule has 0 radical (unpaired) electrons. The first-order valence-electron chi connectivity index (χ1n) is 11.2. The molecule has 0 saturated carbocycles. The molecule has 0 amide bonds. The number of hydrogen-bond acceptors (Lipinski definition) is 5. The van der Waals surface area contributed by atoms with Crippen LogP contribution in [-0.2, 0) is 4.43 Å². The summed E-state index contributed by atoms with van der Waals surface area (Å²) in [6.45, 7) is 11.0. The van der Waals surface area contributed by atoms with Gasteiger partial charge in [0.05, 0.1) is 24.2 Å². The van der Waals surface area contributed by atoms with Crippen LogP contribution in [0.5, 0.6) is 0 Å². The standard InChI is InChI=1S/C26H33N5OSi/c1-19(27)29-24-22(30-25(28)31-17-11-16-23(24)31)18-32-33(26(2,3)4,20-12-7-5-8-13-20)21-14-9-6-10-15-21/h5-17,22,24,29H,1,18,27H2,2-4H3,(H2,28,30)/t22-,24-/m0/s1. The summed E-state index contributed by atoms with van der Waals surface area (Å²) < 4.78 is 8.99. The average molecular weight is 460 g/mol. The topological polar surface area (TPSA) is 90.6 Å². The Balaban J connectivity index is 1.77. The van der Waals surface area contributed by atoms with Gasteiger partial charge in [-0.05, 0) is 27.5 Å². The van der Waals surface area contributed by atoms with E-state index in [4.69, 9.17) is 20.9 Å². The Morgan fingerprint density at radius 1 is 1.03 bits per heavy atom. The molecule has 33 heavy (non-hydrogen) atoms. The first-order valence-corrected chi connectivity index (χ1v) is 13.1. The Kier molecular flexibility index (Phi) is 6.19. The molecule has 6 nitrogen and oxygen atoms in total. The lowest BCUT2D eigenvalue weighted by Crippen LogP contribution is -2.67. The van der Waals surface area contributed by atoms with E-state index in [1.807, 2.05) is 35.0 Å². The molecule has 1 aromatic heterocycles. The number of aliphatic imine (C=N–C) groups is 1. The highest BCUT2D eigenvalue weighted by atomic mass is 28.4. The highest BCUT2D eigenvalue weighted by Gasteiger charge is 2.50. The van der Waals surface area contributed by atoms with Crippen LogP contribution in [-0.4, -0.2) is 31.5 Å². The van der Waals surface area contributed by atoms with Crippen LogP contribution in [0.3, 0.4) is 0 Å². The summed E-state index contributed by atoms with van der Waals surface area (Å²) in [5.74, 6) is 0.839. The third kappa shape index (κ3) is 4.21. The number of nitrogens with zero attached hydrogens (tertiary/aromatic N) is 2. The fourth-order valence-corrected chi connectivity index (χ4v) is 9.41. The van der Waals surface area contributed by atoms with Crippen LogP contribution in [0.4, 0.5) is 0 Å². The van der Waals surface area contributed by atoms with Gasteiger partial charge in [0.1, 0.15) is 6.04 Å². The maximum Gasteiger partial charge on any atom is 0.261 e. The molecule has 172 valence electrons. The van der Waals surface area contributed by atoms with Crippen molar-refractivity contribution in [1.29, 1.82) is 0 Å². The number of aromatic nitrogens is 1. The largest absolute Gasteiger partial charge is 0.405 e. The number of rotatable bonds is 7. The van der Waals surface area contributed by atoms with Gasteiger partial charge in [0.2, 0.25) is 0 Å². The molecular formula is C26H33N5OSi. The second-order valence-corrected chi connectivity index (χ2v) is 13.8. The predicted octanol–water partition coefficient (Wildman–Crippen LogP) is 2.67. The second kappa shape index (κ2) is 8.92. The van der Waals surface area contributed by atoms with Crippen LogP contribution >= 0.6 is 0 Å². The van der Waals surface area contributed by atoms with Crippen LogP contribution in [0.2, 0.25) is 5.04 Å². The van der Waals surface area contributed by atoms with Crippen LogP contribution in [0.1, 0.15) is 32.5 Å². The van der Waals surface area contributed by atoms with Crippen molar-refractivity contribution in [3.05, 3.63) is 97.1 Å². The van der Waals surface area contributed by atoms with E-state index < -0.39 is 8.32 Å². The summed E-state index contributed by atoms with van der Waals surface area (Å²) in [7, 11) is -2.70. The van der Waals surface area contributed by atoms with E-state index in [-0.39, 0.29) is 17.1 Å². The van der Waals surface area contributed by atoms with E-state index >= 15 is 0 Å². The number of nitrogens with one attached hydrogen (secondary N) is 1. The lowest BCUT2D eigenvalue weighted by molar-refractivity contribution is 0.243. The van der Waals surface area contributed by atoms with E-state index in [1.54, 1.807) is 0 Å². The summed E-state index contributed by atoms with van der Waals surface area (Å²) in [5, 5.41) is 5.62. The van der Waals surface area contributed by atoms with Crippen molar-refractivity contribution in [1.82, 2.24) is 9.88 Å². The molecule has 4 rings (SSSR count). The number of fused-ring (bicyclic) bond motifs is 1. The van der Waals surface area contributed by atoms with Crippen LogP contribution in [0.25, 0.3) is 0 Å². The summed E-state index contributed by atoms with van der Waals surface area (Å²) in [4.78, 5) is 4.80. The molecule has 7 heteroatoms. The maximum absolute atomic E-state index is 7.11. The highest BCUT2D eigenvalue weighted by Crippen LogP contribution is 2.37. The normalized spacial score (nSPS) is 18.3. The number of hydrogen-bond donors (Lipinski definition) is 3.